The van der Waals surface area contributed by atoms with E-state index >= 15 is 0 Å². The summed E-state index contributed by atoms with van der Waals surface area (Å²) in [5, 5.41) is 173. The van der Waals surface area contributed by atoms with Gasteiger partial charge in [0.05, 0.1) is 131 Å². The van der Waals surface area contributed by atoms with Crippen molar-refractivity contribution in [2.24, 2.45) is 21.5 Å². The number of nitrogens with two attached hydrogens (primary N) is 2. The molecule has 13 aromatic rings. The Hall–Kier alpha value is -12.6. The first kappa shape index (κ1) is 87.4. The summed E-state index contributed by atoms with van der Waals surface area (Å²) in [4.78, 5) is 64.3. The van der Waals surface area contributed by atoms with Gasteiger partial charge in [-0.2, -0.15) is 0 Å². The lowest BCUT2D eigenvalue weighted by molar-refractivity contribution is -0.117. The van der Waals surface area contributed by atoms with Crippen molar-refractivity contribution in [3.63, 3.8) is 0 Å². The minimum Gasteiger partial charge on any atom is -0.508 e. The highest BCUT2D eigenvalue weighted by Crippen LogP contribution is 2.61. The van der Waals surface area contributed by atoms with E-state index in [0.29, 0.717) is 132 Å². The number of aliphatic hydroxyl groups is 6. The normalized spacial score (nSPS) is 21.5. The second-order valence-electron chi connectivity index (χ2n) is 37.2. The van der Waals surface area contributed by atoms with Crippen molar-refractivity contribution in [2.75, 3.05) is 28.4 Å². The predicted molar refractivity (Wildman–Crippen MR) is 506 cm³/mol. The maximum absolute atomic E-state index is 13.5. The van der Waals surface area contributed by atoms with Gasteiger partial charge in [-0.25, -0.2) is 0 Å². The number of aliphatic imine (C=N–C) groups is 2. The first-order valence-electron chi connectivity index (χ1n) is 45.1. The zero-order valence-corrected chi connectivity index (χ0v) is 74.5. The highest BCUT2D eigenvalue weighted by Gasteiger charge is 2.47. The summed E-state index contributed by atoms with van der Waals surface area (Å²) in [6, 6.07) is 8.82. The molecule has 0 saturated heterocycles. The fraction of sp³-hybridized carbons (Fsp3) is 0.365. The van der Waals surface area contributed by atoms with Gasteiger partial charge in [-0.05, 0) is 204 Å². The average Bonchev–Trinajstić information content (AvgIpc) is 1.01. The van der Waals surface area contributed by atoms with Crippen molar-refractivity contribution in [3.8, 4) is 69.0 Å². The number of nitrogens with one attached hydrogen (secondary N) is 2. The van der Waals surface area contributed by atoms with Gasteiger partial charge in [-0.3, -0.25) is 39.8 Å². The molecule has 682 valence electrons. The van der Waals surface area contributed by atoms with Crippen LogP contribution in [0, 0.1) is 0 Å². The van der Waals surface area contributed by atoms with Crippen LogP contribution in [0.2, 0.25) is 0 Å². The van der Waals surface area contributed by atoms with E-state index in [0.717, 1.165) is 119 Å². The molecular formula is C104H104N6O22. The van der Waals surface area contributed by atoms with Crippen LogP contribution in [0.5, 0.6) is 69.0 Å². The Kier molecular flexibility index (Phi) is 21.5. The Morgan fingerprint density at radius 2 is 0.765 bits per heavy atom. The van der Waals surface area contributed by atoms with Crippen LogP contribution in [-0.4, -0.2) is 159 Å². The highest BCUT2D eigenvalue weighted by molar-refractivity contribution is 6.42. The number of Topliss-reactive ketones (excluding diaryl/α,β-unsaturated/α-hetero) is 2. The van der Waals surface area contributed by atoms with Crippen LogP contribution in [0.3, 0.4) is 0 Å². The minimum absolute atomic E-state index is 0.0168. The van der Waals surface area contributed by atoms with E-state index in [1.165, 1.54) is 79.4 Å². The molecule has 0 amide bonds. The van der Waals surface area contributed by atoms with Gasteiger partial charge in [0, 0.05) is 122 Å². The summed E-state index contributed by atoms with van der Waals surface area (Å²) in [6.07, 6.45) is 18.0. The summed E-state index contributed by atoms with van der Waals surface area (Å²) in [6.45, 7) is 5.93. The number of allylic oxidation sites excluding steroid dienone is 6. The van der Waals surface area contributed by atoms with Crippen molar-refractivity contribution in [1.82, 2.24) is 10.6 Å². The average molecular weight is 1790 g/mol. The summed E-state index contributed by atoms with van der Waals surface area (Å²) >= 11 is 0. The van der Waals surface area contributed by atoms with Crippen LogP contribution in [-0.2, 0) is 62.1 Å². The Morgan fingerprint density at radius 1 is 0.402 bits per heavy atom. The Morgan fingerprint density at radius 3 is 1.20 bits per heavy atom. The standard InChI is InChI=1S/C35H34N2O7.C33H32N2O6.C30H24O9.C6H14N2/c1-13-8-17-25-28-23(15(11-38)9-20(41)26(28)33-32(17)36-18-6-4-5-7-19(18)37-33)24-16(12-39)10-21(42)27-29(24)30(25)31(22(13)14(2)40)35(44-3)34(27)43;1-13-7-16-24-25-17(8-13)33(41-2)32(40)27-21(39)10-15(12-37)23(29(25)27)22-14(11-36)9-20(38)26(28(22)24)31-30(16)34-18-5-3-4-6-19(18)35-31;1-10-5-14-20-23-18(12(8-31)6-15(34)21(23)27(36)29(14)38-3)19-13(9-32)7-16(35)22-24(19)25(20)26(17(10)11(2)33)30(39-4)28(22)37;7-5-3-1-2-4-6(5)8/h8-10,18-19,22,33,37-39,41-43H,4-7,11-12H2,1-3H3;7,9-10,18-19,31,35-40H,3-6,8,11-12H2,1-2H3;6-7,31-32,36-37H,5,8-9H2,1-4H3;5-6H,1-4,7-8H2/t18-,19+,22?,33?;18-,19+,31?;;/m01../s1. The van der Waals surface area contributed by atoms with Crippen LogP contribution < -0.4 is 62.3 Å². The number of carbonyl (C=O) groups excluding carboxylic acids is 2. The van der Waals surface area contributed by atoms with Gasteiger partial charge in [-0.15, -0.1) is 0 Å². The molecule has 3 saturated carbocycles. The van der Waals surface area contributed by atoms with Crippen LogP contribution >= 0.6 is 0 Å². The van der Waals surface area contributed by atoms with Gasteiger partial charge in [-0.1, -0.05) is 67.4 Å². The number of rotatable bonds is 12. The number of aromatic hydroxyl groups is 8. The number of ether oxygens (including phenoxy) is 4. The molecule has 132 heavy (non-hydrogen) atoms. The van der Waals surface area contributed by atoms with Gasteiger partial charge in [0.1, 0.15) is 28.8 Å². The number of nitrogens with zero attached hydrogens (tertiary/aromatic N) is 2. The molecule has 28 heteroatoms. The lowest BCUT2D eigenvalue weighted by Crippen LogP contribution is -2.51. The third-order valence-corrected chi connectivity index (χ3v) is 29.9. The van der Waals surface area contributed by atoms with Crippen LogP contribution in [0.1, 0.15) is 196 Å². The quantitative estimate of drug-likeness (QED) is 0.0399. The molecule has 28 nitrogen and oxygen atoms in total. The zero-order chi connectivity index (χ0) is 93.1. The number of fused-ring (bicyclic) bond motifs is 11. The Balaban J connectivity index is 0.000000118. The maximum atomic E-state index is 13.5. The highest BCUT2D eigenvalue weighted by atomic mass is 16.5. The number of aliphatic hydroxyl groups excluding tert-OH is 6. The van der Waals surface area contributed by atoms with Gasteiger partial charge in [0.25, 0.3) is 0 Å². The Bertz CT molecular complexity index is 7770. The molecule has 0 bridgehead atoms. The topological polar surface area (TPSA) is 489 Å². The third kappa shape index (κ3) is 12.3. The van der Waals surface area contributed by atoms with Gasteiger partial charge < -0.3 is 102 Å². The molecule has 0 radical (unpaired) electrons. The molecule has 0 spiro atoms. The molecule has 13 aromatic carbocycles. The van der Waals surface area contributed by atoms with E-state index in [1.807, 2.05) is 19.9 Å². The van der Waals surface area contributed by atoms with Gasteiger partial charge >= 0.3 is 0 Å². The number of benzene rings is 13. The maximum Gasteiger partial charge on any atom is 0.190 e. The number of methoxy groups -OCH3 is 4. The fourth-order valence-electron chi connectivity index (χ4n) is 24.7. The van der Waals surface area contributed by atoms with E-state index in [2.05, 4.69) is 16.7 Å². The van der Waals surface area contributed by atoms with E-state index in [9.17, 15) is 90.7 Å². The summed E-state index contributed by atoms with van der Waals surface area (Å²) in [7, 11) is 5.61. The lowest BCUT2D eigenvalue weighted by Gasteiger charge is -2.41. The van der Waals surface area contributed by atoms with E-state index in [-0.39, 0.29) is 186 Å². The third-order valence-electron chi connectivity index (χ3n) is 29.9. The van der Waals surface area contributed by atoms with Crippen molar-refractivity contribution < 1.29 is 100 Å². The molecular weight excluding hydrogens is 1690 g/mol. The SMILES string of the molecule is COc1c(O)c2c(=O)cc(CO)c3c4c(CO)cc(=O)c5c(O)c(OC)c6c(c(c1CC(C)=C6C(C)=O)c23)c54.COc1c(O)c2c(O)cc(CO)c3c4c(CO)cc(O)c5c4c4c(c1C(C(C)=O)C(C)=CC=4C1=N[C@H]4CCCC[C@H]4NC15)c23.COc1c(O)c2c(O)cc(CO)c3c4c(CO)cc(O)c5c4c4c(c1CC(C)=CC=4C1=N[C@@H]4CCCC[C@@H]4NC15)c23.NC1CCCCC1N. The van der Waals surface area contributed by atoms with E-state index in [1.54, 1.807) is 19.1 Å². The number of hydrogen-bond acceptors (Lipinski definition) is 28. The van der Waals surface area contributed by atoms with Crippen LogP contribution in [0.15, 0.2) is 84.8 Å². The largest absolute Gasteiger partial charge is 0.508 e. The number of phenolic OH excluding ortho intramolecular Hbond substituents is 8. The summed E-state index contributed by atoms with van der Waals surface area (Å²) < 4.78 is 22.9. The molecule has 20 N–H and O–H groups in total. The number of hydrogen-bond donors (Lipinski definition) is 18. The van der Waals surface area contributed by atoms with Crippen molar-refractivity contribution in [1.29, 1.82) is 0 Å². The van der Waals surface area contributed by atoms with Crippen molar-refractivity contribution in [2.45, 2.75) is 218 Å². The van der Waals surface area contributed by atoms with Crippen LogP contribution in [0.4, 0.5) is 0 Å². The first-order chi connectivity index (χ1) is 63.5. The van der Waals surface area contributed by atoms with E-state index in [4.69, 9.17) is 40.4 Å². The lowest BCUT2D eigenvalue weighted by atomic mass is 9.75. The molecule has 5 unspecified atom stereocenters. The Labute approximate surface area is 754 Å². The molecule has 8 aliphatic carbocycles. The van der Waals surface area contributed by atoms with E-state index < -0.39 is 55.0 Å². The zero-order valence-electron chi connectivity index (χ0n) is 74.5. The second-order valence-corrected chi connectivity index (χ2v) is 37.2. The molecule has 10 aliphatic rings. The fourth-order valence-corrected chi connectivity index (χ4v) is 24.7. The molecule has 3 fully saturated rings. The summed E-state index contributed by atoms with van der Waals surface area (Å²) in [5.74, 6) is -2.57. The number of ketones is 2. The number of carbonyl (C=O) groups is 2. The minimum atomic E-state index is -0.786. The monoisotopic (exact) mass is 1790 g/mol. The second kappa shape index (κ2) is 32.4. The van der Waals surface area contributed by atoms with Crippen LogP contribution in [0.25, 0.3) is 124 Å². The molecule has 2 aliphatic heterocycles. The molecule has 0 aromatic heterocycles. The number of phenols is 8. The molecule has 2 heterocycles. The summed E-state index contributed by atoms with van der Waals surface area (Å²) in [5.41, 5.74) is 21.7. The molecule has 23 rings (SSSR count). The van der Waals surface area contributed by atoms with Gasteiger partial charge in [0.15, 0.2) is 62.6 Å². The van der Waals surface area contributed by atoms with Gasteiger partial charge in [0.2, 0.25) is 0 Å². The predicted octanol–water partition coefficient (Wildman–Crippen LogP) is 11.6. The first-order valence-corrected chi connectivity index (χ1v) is 45.1. The van der Waals surface area contributed by atoms with Crippen molar-refractivity contribution >= 4 is 147 Å². The van der Waals surface area contributed by atoms with Crippen molar-refractivity contribution in [3.05, 3.63) is 163 Å². The molecule has 9 atom stereocenters. The smallest absolute Gasteiger partial charge is 0.190 e.